The minimum Gasteiger partial charge on any atom is -0.413 e. The van der Waals surface area contributed by atoms with Crippen LogP contribution in [0, 0.1) is 0 Å². The molecule has 0 radical (unpaired) electrons. The first-order valence-corrected chi connectivity index (χ1v) is 9.39. The molecule has 1 aliphatic heterocycles. The second-order valence-corrected chi connectivity index (χ2v) is 11.8. The van der Waals surface area contributed by atoms with Gasteiger partial charge in [-0.1, -0.05) is 41.5 Å². The molecule has 1 aliphatic rings. The predicted octanol–water partition coefficient (Wildman–Crippen LogP) is 3.46. The summed E-state index contributed by atoms with van der Waals surface area (Å²) in [5.74, 6) is 0.144. The summed E-state index contributed by atoms with van der Waals surface area (Å²) < 4.78 is 6.61. The van der Waals surface area contributed by atoms with Gasteiger partial charge in [0.25, 0.3) is 0 Å². The molecule has 1 fully saturated rings. The summed E-state index contributed by atoms with van der Waals surface area (Å²) in [5.41, 5.74) is 1.76. The number of rotatable bonds is 5. The third-order valence-electron chi connectivity index (χ3n) is 4.28. The third-order valence-corrected chi connectivity index (χ3v) is 10.4. The van der Waals surface area contributed by atoms with E-state index in [1.807, 2.05) is 0 Å². The number of carbonyl (C=O) groups excluding carboxylic acids is 1. The van der Waals surface area contributed by atoms with Crippen LogP contribution in [0.2, 0.25) is 16.6 Å². The second kappa shape index (κ2) is 6.20. The average molecular weight is 271 g/mol. The second-order valence-electron chi connectivity index (χ2n) is 6.40. The van der Waals surface area contributed by atoms with Crippen LogP contribution in [0.25, 0.3) is 0 Å². The molecular weight excluding hydrogens is 242 g/mol. The summed E-state index contributed by atoms with van der Waals surface area (Å²) in [4.78, 5) is 11.5. The molecule has 0 aromatic heterocycles. The van der Waals surface area contributed by atoms with Crippen molar-refractivity contribution in [1.29, 1.82) is 0 Å². The van der Waals surface area contributed by atoms with E-state index < -0.39 is 8.32 Å². The SMILES string of the molecule is CC(C)[Si](O[C@@H]1CCNC(=O)C1)(C(C)C)C(C)C. The van der Waals surface area contributed by atoms with Crippen LogP contribution in [0.1, 0.15) is 54.4 Å². The van der Waals surface area contributed by atoms with E-state index in [2.05, 4.69) is 46.9 Å². The molecule has 1 heterocycles. The lowest BCUT2D eigenvalue weighted by molar-refractivity contribution is -0.124. The normalized spacial score (nSPS) is 21.8. The van der Waals surface area contributed by atoms with E-state index in [-0.39, 0.29) is 12.0 Å². The number of hydrogen-bond donors (Lipinski definition) is 1. The highest BCUT2D eigenvalue weighted by Crippen LogP contribution is 2.43. The lowest BCUT2D eigenvalue weighted by Gasteiger charge is -2.45. The Labute approximate surface area is 113 Å². The van der Waals surface area contributed by atoms with Crippen molar-refractivity contribution >= 4 is 14.2 Å². The van der Waals surface area contributed by atoms with Crippen molar-refractivity contribution in [2.75, 3.05) is 6.54 Å². The molecule has 0 bridgehead atoms. The van der Waals surface area contributed by atoms with Crippen LogP contribution in [0.4, 0.5) is 0 Å². The van der Waals surface area contributed by atoms with Crippen LogP contribution in [0.5, 0.6) is 0 Å². The molecular formula is C14H29NO2Si. The highest BCUT2D eigenvalue weighted by atomic mass is 28.4. The molecule has 1 rings (SSSR count). The molecule has 0 aromatic carbocycles. The smallest absolute Gasteiger partial charge is 0.222 e. The first-order valence-electron chi connectivity index (χ1n) is 7.25. The van der Waals surface area contributed by atoms with E-state index >= 15 is 0 Å². The summed E-state index contributed by atoms with van der Waals surface area (Å²) >= 11 is 0. The molecule has 1 atom stereocenters. The van der Waals surface area contributed by atoms with Gasteiger partial charge in [-0.2, -0.15) is 0 Å². The third kappa shape index (κ3) is 3.15. The predicted molar refractivity (Wildman–Crippen MR) is 78.2 cm³/mol. The number of piperidine rings is 1. The first kappa shape index (κ1) is 15.7. The van der Waals surface area contributed by atoms with Crippen molar-refractivity contribution in [3.63, 3.8) is 0 Å². The lowest BCUT2D eigenvalue weighted by Crippen LogP contribution is -2.52. The Hall–Kier alpha value is -0.353. The van der Waals surface area contributed by atoms with Gasteiger partial charge in [0.1, 0.15) is 0 Å². The molecule has 1 amide bonds. The van der Waals surface area contributed by atoms with Crippen molar-refractivity contribution in [3.8, 4) is 0 Å². The van der Waals surface area contributed by atoms with E-state index in [9.17, 15) is 4.79 Å². The van der Waals surface area contributed by atoms with Crippen molar-refractivity contribution in [3.05, 3.63) is 0 Å². The maximum atomic E-state index is 11.5. The molecule has 1 N–H and O–H groups in total. The number of nitrogens with one attached hydrogen (secondary N) is 1. The molecule has 1 saturated heterocycles. The summed E-state index contributed by atoms with van der Waals surface area (Å²) in [6, 6.07) is 0. The molecule has 0 spiro atoms. The van der Waals surface area contributed by atoms with E-state index in [1.165, 1.54) is 0 Å². The zero-order chi connectivity index (χ0) is 13.9. The van der Waals surface area contributed by atoms with Gasteiger partial charge in [-0.3, -0.25) is 4.79 Å². The van der Waals surface area contributed by atoms with Crippen LogP contribution in [-0.4, -0.2) is 26.9 Å². The molecule has 0 aromatic rings. The van der Waals surface area contributed by atoms with E-state index in [0.29, 0.717) is 23.0 Å². The molecule has 0 unspecified atom stereocenters. The fourth-order valence-electron chi connectivity index (χ4n) is 3.55. The summed E-state index contributed by atoms with van der Waals surface area (Å²) in [7, 11) is -1.82. The summed E-state index contributed by atoms with van der Waals surface area (Å²) in [5, 5.41) is 2.88. The Balaban J connectivity index is 2.86. The zero-order valence-corrected chi connectivity index (χ0v) is 13.7. The largest absolute Gasteiger partial charge is 0.413 e. The minimum absolute atomic E-state index is 0.137. The molecule has 0 aliphatic carbocycles. The Morgan fingerprint density at radius 1 is 1.11 bits per heavy atom. The van der Waals surface area contributed by atoms with Crippen LogP contribution >= 0.6 is 0 Å². The van der Waals surface area contributed by atoms with Gasteiger partial charge in [0.15, 0.2) is 0 Å². The quantitative estimate of drug-likeness (QED) is 0.778. The van der Waals surface area contributed by atoms with Crippen molar-refractivity contribution < 1.29 is 9.22 Å². The van der Waals surface area contributed by atoms with Gasteiger partial charge in [-0.25, -0.2) is 0 Å². The molecule has 18 heavy (non-hydrogen) atoms. The Morgan fingerprint density at radius 3 is 2.00 bits per heavy atom. The van der Waals surface area contributed by atoms with E-state index in [4.69, 9.17) is 4.43 Å². The van der Waals surface area contributed by atoms with Crippen molar-refractivity contribution in [2.45, 2.75) is 77.1 Å². The average Bonchev–Trinajstić information content (AvgIpc) is 2.24. The van der Waals surface area contributed by atoms with Gasteiger partial charge in [0.2, 0.25) is 14.2 Å². The van der Waals surface area contributed by atoms with Gasteiger partial charge < -0.3 is 9.74 Å². The number of amides is 1. The Bertz CT molecular complexity index is 268. The van der Waals surface area contributed by atoms with Crippen molar-refractivity contribution in [2.24, 2.45) is 0 Å². The summed E-state index contributed by atoms with van der Waals surface area (Å²) in [6.45, 7) is 14.5. The maximum absolute atomic E-state index is 11.5. The van der Waals surface area contributed by atoms with Gasteiger partial charge in [0.05, 0.1) is 12.5 Å². The maximum Gasteiger partial charge on any atom is 0.222 e. The minimum atomic E-state index is -1.82. The van der Waals surface area contributed by atoms with E-state index in [0.717, 1.165) is 13.0 Å². The van der Waals surface area contributed by atoms with Crippen LogP contribution in [-0.2, 0) is 9.22 Å². The first-order chi connectivity index (χ1) is 8.30. The molecule has 0 saturated carbocycles. The zero-order valence-electron chi connectivity index (χ0n) is 12.7. The van der Waals surface area contributed by atoms with Crippen LogP contribution in [0.15, 0.2) is 0 Å². The van der Waals surface area contributed by atoms with Gasteiger partial charge >= 0.3 is 0 Å². The fraction of sp³-hybridized carbons (Fsp3) is 0.929. The summed E-state index contributed by atoms with van der Waals surface area (Å²) in [6.07, 6.45) is 1.64. The van der Waals surface area contributed by atoms with E-state index in [1.54, 1.807) is 0 Å². The molecule has 4 heteroatoms. The Kier molecular flexibility index (Phi) is 5.41. The van der Waals surface area contributed by atoms with Crippen molar-refractivity contribution in [1.82, 2.24) is 5.32 Å². The highest BCUT2D eigenvalue weighted by molar-refractivity contribution is 6.77. The van der Waals surface area contributed by atoms with Gasteiger partial charge in [-0.05, 0) is 23.0 Å². The fourth-order valence-corrected chi connectivity index (χ4v) is 9.15. The van der Waals surface area contributed by atoms with Gasteiger partial charge in [0, 0.05) is 6.54 Å². The van der Waals surface area contributed by atoms with Crippen LogP contribution < -0.4 is 5.32 Å². The highest BCUT2D eigenvalue weighted by Gasteiger charge is 2.46. The lowest BCUT2D eigenvalue weighted by atomic mass is 10.1. The molecule has 106 valence electrons. The standard InChI is InChI=1S/C14H29NO2Si/c1-10(2)18(11(3)4,12(5)6)17-13-7-8-15-14(16)9-13/h10-13H,7-9H2,1-6H3,(H,15,16)/t13-/m1/s1. The van der Waals surface area contributed by atoms with Crippen LogP contribution in [0.3, 0.4) is 0 Å². The van der Waals surface area contributed by atoms with Gasteiger partial charge in [-0.15, -0.1) is 0 Å². The topological polar surface area (TPSA) is 38.3 Å². The number of hydrogen-bond acceptors (Lipinski definition) is 2. The Morgan fingerprint density at radius 2 is 1.61 bits per heavy atom. The molecule has 3 nitrogen and oxygen atoms in total. The number of carbonyl (C=O) groups is 1. The monoisotopic (exact) mass is 271 g/mol.